The number of nitrogens with zero attached hydrogens (tertiary/aromatic N) is 1. The van der Waals surface area contributed by atoms with Crippen LogP contribution in [0.4, 0.5) is 8.78 Å². The quantitative estimate of drug-likeness (QED) is 0.582. The number of hydrazone groups is 1. The van der Waals surface area contributed by atoms with Crippen LogP contribution in [0.1, 0.15) is 16.1 Å². The van der Waals surface area contributed by atoms with Crippen LogP contribution >= 0.6 is 0 Å². The van der Waals surface area contributed by atoms with E-state index in [4.69, 9.17) is 4.42 Å². The lowest BCUT2D eigenvalue weighted by Crippen LogP contribution is -2.17. The summed E-state index contributed by atoms with van der Waals surface area (Å²) in [4.78, 5) is 11.8. The van der Waals surface area contributed by atoms with E-state index in [1.54, 1.807) is 24.3 Å². The van der Waals surface area contributed by atoms with Gasteiger partial charge in [0.1, 0.15) is 23.2 Å². The van der Waals surface area contributed by atoms with Gasteiger partial charge in [-0.25, -0.2) is 14.2 Å². The van der Waals surface area contributed by atoms with E-state index >= 15 is 0 Å². The fourth-order valence-electron chi connectivity index (χ4n) is 2.04. The number of benzene rings is 2. The average molecular weight is 326 g/mol. The summed E-state index contributed by atoms with van der Waals surface area (Å²) < 4.78 is 31.5. The Bertz CT molecular complexity index is 886. The van der Waals surface area contributed by atoms with Gasteiger partial charge in [-0.15, -0.1) is 0 Å². The Morgan fingerprint density at radius 2 is 1.79 bits per heavy atom. The molecule has 1 aromatic heterocycles. The second-order valence-electron chi connectivity index (χ2n) is 4.92. The van der Waals surface area contributed by atoms with Crippen molar-refractivity contribution in [2.75, 3.05) is 0 Å². The minimum atomic E-state index is -0.469. The molecular weight excluding hydrogens is 314 g/mol. The number of carbonyl (C=O) groups is 1. The van der Waals surface area contributed by atoms with E-state index in [1.165, 1.54) is 42.6 Å². The summed E-state index contributed by atoms with van der Waals surface area (Å²) in [5.41, 5.74) is 3.20. The van der Waals surface area contributed by atoms with E-state index < -0.39 is 11.7 Å². The highest BCUT2D eigenvalue weighted by molar-refractivity contribution is 5.94. The van der Waals surface area contributed by atoms with Crippen molar-refractivity contribution in [1.29, 1.82) is 0 Å². The van der Waals surface area contributed by atoms with Gasteiger partial charge in [0, 0.05) is 11.1 Å². The van der Waals surface area contributed by atoms with Crippen molar-refractivity contribution in [3.05, 3.63) is 83.6 Å². The van der Waals surface area contributed by atoms with E-state index in [0.29, 0.717) is 17.1 Å². The first-order chi connectivity index (χ1) is 11.6. The van der Waals surface area contributed by atoms with Crippen molar-refractivity contribution in [2.45, 2.75) is 0 Å². The number of halogens is 2. The van der Waals surface area contributed by atoms with Crippen LogP contribution in [0.25, 0.3) is 11.3 Å². The Morgan fingerprint density at radius 1 is 1.00 bits per heavy atom. The van der Waals surface area contributed by atoms with Gasteiger partial charge in [0.2, 0.25) is 0 Å². The first kappa shape index (κ1) is 15.6. The fraction of sp³-hybridized carbons (Fsp3) is 0. The van der Waals surface area contributed by atoms with Crippen molar-refractivity contribution in [2.24, 2.45) is 5.10 Å². The van der Waals surface area contributed by atoms with Crippen LogP contribution in [-0.2, 0) is 0 Å². The molecule has 3 rings (SSSR count). The monoisotopic (exact) mass is 326 g/mol. The molecule has 6 heteroatoms. The normalized spacial score (nSPS) is 10.9. The van der Waals surface area contributed by atoms with Crippen LogP contribution in [-0.4, -0.2) is 12.1 Å². The van der Waals surface area contributed by atoms with Gasteiger partial charge >= 0.3 is 0 Å². The first-order valence-corrected chi connectivity index (χ1v) is 7.06. The summed E-state index contributed by atoms with van der Waals surface area (Å²) >= 11 is 0. The van der Waals surface area contributed by atoms with E-state index in [0.717, 1.165) is 0 Å². The van der Waals surface area contributed by atoms with Crippen molar-refractivity contribution in [1.82, 2.24) is 5.43 Å². The van der Waals surface area contributed by atoms with Gasteiger partial charge in [-0.2, -0.15) is 5.10 Å². The molecule has 1 N–H and O–H groups in total. The topological polar surface area (TPSA) is 54.6 Å². The highest BCUT2D eigenvalue weighted by Gasteiger charge is 2.06. The van der Waals surface area contributed by atoms with Crippen LogP contribution in [0, 0.1) is 11.6 Å². The molecule has 3 aromatic rings. The molecule has 1 amide bonds. The molecule has 0 aliphatic rings. The molecule has 0 fully saturated rings. The Morgan fingerprint density at radius 3 is 2.54 bits per heavy atom. The predicted octanol–water partition coefficient (Wildman–Crippen LogP) is 3.99. The van der Waals surface area contributed by atoms with Crippen molar-refractivity contribution < 1.29 is 18.0 Å². The van der Waals surface area contributed by atoms with Crippen molar-refractivity contribution in [3.63, 3.8) is 0 Å². The Hall–Kier alpha value is -3.28. The summed E-state index contributed by atoms with van der Waals surface area (Å²) in [5, 5.41) is 3.78. The van der Waals surface area contributed by atoms with Gasteiger partial charge < -0.3 is 4.42 Å². The molecule has 0 spiro atoms. The summed E-state index contributed by atoms with van der Waals surface area (Å²) in [6, 6.07) is 14.4. The minimum Gasteiger partial charge on any atom is -0.455 e. The van der Waals surface area contributed by atoms with Gasteiger partial charge in [0.15, 0.2) is 0 Å². The average Bonchev–Trinajstić information content (AvgIpc) is 3.04. The molecule has 2 aromatic carbocycles. The summed E-state index contributed by atoms with van der Waals surface area (Å²) in [6.45, 7) is 0. The number of nitrogens with one attached hydrogen (secondary N) is 1. The largest absolute Gasteiger partial charge is 0.455 e. The molecule has 0 radical (unpaired) electrons. The molecule has 0 atom stereocenters. The van der Waals surface area contributed by atoms with E-state index in [1.807, 2.05) is 0 Å². The number of amides is 1. The zero-order chi connectivity index (χ0) is 16.9. The number of furan rings is 1. The first-order valence-electron chi connectivity index (χ1n) is 7.06. The molecule has 24 heavy (non-hydrogen) atoms. The minimum absolute atomic E-state index is 0.286. The number of hydrogen-bond acceptors (Lipinski definition) is 3. The highest BCUT2D eigenvalue weighted by Crippen LogP contribution is 2.22. The molecule has 4 nitrogen and oxygen atoms in total. The molecule has 0 saturated heterocycles. The Kier molecular flexibility index (Phi) is 4.47. The third-order valence-electron chi connectivity index (χ3n) is 3.20. The maximum absolute atomic E-state index is 13.2. The van der Waals surface area contributed by atoms with Gasteiger partial charge in [0.05, 0.1) is 6.21 Å². The molecule has 0 saturated carbocycles. The van der Waals surface area contributed by atoms with Gasteiger partial charge in [0.25, 0.3) is 5.91 Å². The second-order valence-corrected chi connectivity index (χ2v) is 4.92. The molecule has 1 heterocycles. The van der Waals surface area contributed by atoms with Gasteiger partial charge in [-0.3, -0.25) is 4.79 Å². The lowest BCUT2D eigenvalue weighted by atomic mass is 10.2. The van der Waals surface area contributed by atoms with Crippen LogP contribution in [0.5, 0.6) is 0 Å². The fourth-order valence-corrected chi connectivity index (χ4v) is 2.04. The summed E-state index contributed by atoms with van der Waals surface area (Å²) in [6.07, 6.45) is 1.32. The van der Waals surface area contributed by atoms with Crippen LogP contribution in [0.2, 0.25) is 0 Å². The lowest BCUT2D eigenvalue weighted by Gasteiger charge is -1.99. The van der Waals surface area contributed by atoms with Crippen LogP contribution in [0.15, 0.2) is 70.2 Å². The van der Waals surface area contributed by atoms with Crippen LogP contribution < -0.4 is 5.43 Å². The number of hydrogen-bond donors (Lipinski definition) is 1. The van der Waals surface area contributed by atoms with Crippen LogP contribution in [0.3, 0.4) is 0 Å². The Labute approximate surface area is 136 Å². The SMILES string of the molecule is O=C(N/N=C\c1ccc(-c2cccc(F)c2)o1)c1ccc(F)cc1. The summed E-state index contributed by atoms with van der Waals surface area (Å²) in [7, 11) is 0. The zero-order valence-corrected chi connectivity index (χ0v) is 12.4. The third kappa shape index (κ3) is 3.73. The predicted molar refractivity (Wildman–Crippen MR) is 85.6 cm³/mol. The van der Waals surface area contributed by atoms with Gasteiger partial charge in [-0.05, 0) is 48.5 Å². The van der Waals surface area contributed by atoms with Gasteiger partial charge in [-0.1, -0.05) is 12.1 Å². The third-order valence-corrected chi connectivity index (χ3v) is 3.20. The maximum atomic E-state index is 13.2. The molecule has 0 unspecified atom stereocenters. The number of rotatable bonds is 4. The highest BCUT2D eigenvalue weighted by atomic mass is 19.1. The standard InChI is InChI=1S/C18H12F2N2O2/c19-14-6-4-12(5-7-14)18(23)22-21-11-16-8-9-17(24-16)13-2-1-3-15(20)10-13/h1-11H,(H,22,23)/b21-11-. The van der Waals surface area contributed by atoms with E-state index in [2.05, 4.69) is 10.5 Å². The molecule has 0 aliphatic carbocycles. The molecule has 0 aliphatic heterocycles. The van der Waals surface area contributed by atoms with E-state index in [-0.39, 0.29) is 11.4 Å². The maximum Gasteiger partial charge on any atom is 0.271 e. The smallest absolute Gasteiger partial charge is 0.271 e. The molecular formula is C18H12F2N2O2. The summed E-state index contributed by atoms with van der Waals surface area (Å²) in [5.74, 6) is -0.362. The van der Waals surface area contributed by atoms with E-state index in [9.17, 15) is 13.6 Å². The van der Waals surface area contributed by atoms with Crippen molar-refractivity contribution >= 4 is 12.1 Å². The lowest BCUT2D eigenvalue weighted by molar-refractivity contribution is 0.0955. The zero-order valence-electron chi connectivity index (χ0n) is 12.4. The Balaban J connectivity index is 1.65. The molecule has 120 valence electrons. The van der Waals surface area contributed by atoms with Crippen molar-refractivity contribution in [3.8, 4) is 11.3 Å². The number of carbonyl (C=O) groups excluding carboxylic acids is 1. The second kappa shape index (κ2) is 6.87. The molecule has 0 bridgehead atoms.